The van der Waals surface area contributed by atoms with Gasteiger partial charge in [0, 0.05) is 43.9 Å². The standard InChI is InChI=1S/C21H18N2O3.C5H9N3.C3H7NO/c1-3-20(25)23-21-16(13-26-2)10-8-14-7-9-15(11-18(14)21)19-6-4-5-17(12-24)22-19;1-6-5-3-7-8(2)4-5;1-4-2-3-5/h3-12H,1,13H2,2H3,(H,23,25);3-4,6H,1-2H3;3-4H,2H2,1H3. The van der Waals surface area contributed by atoms with Crippen molar-refractivity contribution in [1.82, 2.24) is 20.1 Å². The van der Waals surface area contributed by atoms with Crippen LogP contribution in [0.1, 0.15) is 16.1 Å². The maximum atomic E-state index is 11.9. The number of benzene rings is 2. The second kappa shape index (κ2) is 16.2. The average Bonchev–Trinajstić information content (AvgIpc) is 3.40. The Morgan fingerprint density at radius 2 is 1.90 bits per heavy atom. The van der Waals surface area contributed by atoms with E-state index in [9.17, 15) is 14.4 Å². The molecule has 0 fully saturated rings. The molecule has 0 radical (unpaired) electrons. The van der Waals surface area contributed by atoms with Crippen molar-refractivity contribution < 1.29 is 19.1 Å². The van der Waals surface area contributed by atoms with E-state index < -0.39 is 0 Å². The number of rotatable bonds is 9. The molecule has 204 valence electrons. The number of carbonyl (C=O) groups excluding carboxylic acids is 3. The molecule has 10 nitrogen and oxygen atoms in total. The van der Waals surface area contributed by atoms with Gasteiger partial charge in [-0.25, -0.2) is 4.98 Å². The summed E-state index contributed by atoms with van der Waals surface area (Å²) in [5.74, 6) is -0.290. The number of amides is 1. The summed E-state index contributed by atoms with van der Waals surface area (Å²) in [7, 11) is 7.10. The molecule has 4 rings (SSSR count). The van der Waals surface area contributed by atoms with Crippen LogP contribution in [0.3, 0.4) is 0 Å². The first-order valence-corrected chi connectivity index (χ1v) is 12.1. The zero-order chi connectivity index (χ0) is 28.6. The van der Waals surface area contributed by atoms with E-state index in [1.165, 1.54) is 6.08 Å². The van der Waals surface area contributed by atoms with E-state index >= 15 is 0 Å². The number of nitrogens with zero attached hydrogens (tertiary/aromatic N) is 3. The van der Waals surface area contributed by atoms with E-state index in [1.807, 2.05) is 56.7 Å². The van der Waals surface area contributed by atoms with Gasteiger partial charge in [-0.1, -0.05) is 36.9 Å². The molecule has 1 amide bonds. The maximum absolute atomic E-state index is 11.9. The fraction of sp³-hybridized carbons (Fsp3) is 0.207. The SMILES string of the molecule is C=CC(=O)Nc1c(COC)ccc2ccc(-c3cccc(C=O)n3)cc12.CNCC=O.CNc1cnn(C)c1. The molecule has 2 aromatic heterocycles. The molecule has 0 aliphatic carbocycles. The monoisotopic (exact) mass is 530 g/mol. The molecule has 3 N–H and O–H groups in total. The number of aryl methyl sites for hydroxylation is 1. The third kappa shape index (κ3) is 9.29. The van der Waals surface area contributed by atoms with Gasteiger partial charge in [-0.3, -0.25) is 14.3 Å². The summed E-state index contributed by atoms with van der Waals surface area (Å²) in [5.41, 5.74) is 4.51. The van der Waals surface area contributed by atoms with Crippen molar-refractivity contribution in [2.45, 2.75) is 6.61 Å². The number of anilines is 2. The number of nitrogens with one attached hydrogen (secondary N) is 3. The number of carbonyl (C=O) groups is 3. The van der Waals surface area contributed by atoms with Crippen LogP contribution >= 0.6 is 0 Å². The third-order valence-electron chi connectivity index (χ3n) is 5.31. The number of aldehydes is 2. The highest BCUT2D eigenvalue weighted by Gasteiger charge is 2.12. The number of ether oxygens (including phenoxy) is 1. The highest BCUT2D eigenvalue weighted by molar-refractivity contribution is 6.07. The highest BCUT2D eigenvalue weighted by atomic mass is 16.5. The molecule has 0 aliphatic rings. The van der Waals surface area contributed by atoms with E-state index in [0.717, 1.165) is 40.2 Å². The van der Waals surface area contributed by atoms with Crippen molar-refractivity contribution >= 4 is 40.6 Å². The quantitative estimate of drug-likeness (QED) is 0.220. The van der Waals surface area contributed by atoms with Gasteiger partial charge in [0.1, 0.15) is 12.0 Å². The molecule has 10 heteroatoms. The maximum Gasteiger partial charge on any atom is 0.247 e. The lowest BCUT2D eigenvalue weighted by atomic mass is 10.00. The van der Waals surface area contributed by atoms with Gasteiger partial charge in [0.2, 0.25) is 5.91 Å². The van der Waals surface area contributed by atoms with Crippen LogP contribution in [0.25, 0.3) is 22.0 Å². The Balaban J connectivity index is 0.000000337. The van der Waals surface area contributed by atoms with Crippen LogP contribution in [0.2, 0.25) is 0 Å². The summed E-state index contributed by atoms with van der Waals surface area (Å²) < 4.78 is 7.01. The van der Waals surface area contributed by atoms with E-state index in [1.54, 1.807) is 37.2 Å². The number of methoxy groups -OCH3 is 1. The van der Waals surface area contributed by atoms with Crippen molar-refractivity contribution in [3.8, 4) is 11.3 Å². The lowest BCUT2D eigenvalue weighted by molar-refractivity contribution is -0.112. The molecule has 0 bridgehead atoms. The molecule has 2 aromatic carbocycles. The number of hydrogen-bond donors (Lipinski definition) is 3. The second-order valence-electron chi connectivity index (χ2n) is 8.10. The van der Waals surface area contributed by atoms with Gasteiger partial charge in [-0.15, -0.1) is 0 Å². The predicted molar refractivity (Wildman–Crippen MR) is 155 cm³/mol. The van der Waals surface area contributed by atoms with Crippen LogP contribution in [0.4, 0.5) is 11.4 Å². The van der Waals surface area contributed by atoms with Gasteiger partial charge < -0.3 is 25.5 Å². The number of aromatic nitrogens is 3. The zero-order valence-corrected chi connectivity index (χ0v) is 22.6. The highest BCUT2D eigenvalue weighted by Crippen LogP contribution is 2.32. The molecule has 2 heterocycles. The second-order valence-corrected chi connectivity index (χ2v) is 8.10. The summed E-state index contributed by atoms with van der Waals surface area (Å²) >= 11 is 0. The first kappa shape index (κ1) is 30.6. The van der Waals surface area contributed by atoms with E-state index in [0.29, 0.717) is 30.2 Å². The zero-order valence-electron chi connectivity index (χ0n) is 22.6. The van der Waals surface area contributed by atoms with Crippen LogP contribution in [0.5, 0.6) is 0 Å². The van der Waals surface area contributed by atoms with Crippen LogP contribution in [0, 0.1) is 0 Å². The van der Waals surface area contributed by atoms with Crippen molar-refractivity contribution in [2.24, 2.45) is 7.05 Å². The Morgan fingerprint density at radius 1 is 1.13 bits per heavy atom. The average molecular weight is 531 g/mol. The Hall–Kier alpha value is -4.67. The van der Waals surface area contributed by atoms with E-state index in [2.05, 4.69) is 32.6 Å². The number of fused-ring (bicyclic) bond motifs is 1. The number of hydrogen-bond acceptors (Lipinski definition) is 8. The minimum Gasteiger partial charge on any atom is -0.386 e. The Kier molecular flexibility index (Phi) is 12.7. The molecule has 39 heavy (non-hydrogen) atoms. The number of pyridine rings is 1. The molecular formula is C29H34N6O4. The molecule has 4 aromatic rings. The minimum atomic E-state index is -0.290. The summed E-state index contributed by atoms with van der Waals surface area (Å²) in [6, 6.07) is 15.0. The van der Waals surface area contributed by atoms with Gasteiger partial charge in [0.15, 0.2) is 6.29 Å². The molecule has 0 atom stereocenters. The van der Waals surface area contributed by atoms with Crippen molar-refractivity contribution in [3.63, 3.8) is 0 Å². The van der Waals surface area contributed by atoms with Gasteiger partial charge in [-0.05, 0) is 36.7 Å². The van der Waals surface area contributed by atoms with Crippen LogP contribution in [0.15, 0.2) is 73.6 Å². The third-order valence-corrected chi connectivity index (χ3v) is 5.31. The van der Waals surface area contributed by atoms with Crippen LogP contribution in [-0.4, -0.2) is 61.0 Å². The van der Waals surface area contributed by atoms with Crippen molar-refractivity contribution in [1.29, 1.82) is 0 Å². The summed E-state index contributed by atoms with van der Waals surface area (Å²) in [4.78, 5) is 36.6. The largest absolute Gasteiger partial charge is 0.386 e. The summed E-state index contributed by atoms with van der Waals surface area (Å²) in [6.45, 7) is 4.34. The van der Waals surface area contributed by atoms with Gasteiger partial charge >= 0.3 is 0 Å². The van der Waals surface area contributed by atoms with Crippen LogP contribution in [-0.2, 0) is 28.0 Å². The predicted octanol–water partition coefficient (Wildman–Crippen LogP) is 3.85. The molecule has 0 saturated carbocycles. The molecule has 0 saturated heterocycles. The summed E-state index contributed by atoms with van der Waals surface area (Å²) in [6.07, 6.45) is 6.46. The topological polar surface area (TPSA) is 127 Å². The van der Waals surface area contributed by atoms with E-state index in [4.69, 9.17) is 4.74 Å². The van der Waals surface area contributed by atoms with Crippen molar-refractivity contribution in [3.05, 3.63) is 84.8 Å². The lowest BCUT2D eigenvalue weighted by Gasteiger charge is -2.14. The summed E-state index contributed by atoms with van der Waals surface area (Å²) in [5, 5.41) is 14.3. The molecule has 0 unspecified atom stereocenters. The minimum absolute atomic E-state index is 0.290. The normalized spacial score (nSPS) is 9.85. The Bertz CT molecular complexity index is 1400. The van der Waals surface area contributed by atoms with Gasteiger partial charge in [-0.2, -0.15) is 5.10 Å². The van der Waals surface area contributed by atoms with Crippen molar-refractivity contribution in [2.75, 3.05) is 38.4 Å². The Labute approximate surface area is 228 Å². The smallest absolute Gasteiger partial charge is 0.247 e. The molecule has 0 spiro atoms. The Morgan fingerprint density at radius 3 is 2.44 bits per heavy atom. The first-order chi connectivity index (χ1) is 18.9. The van der Waals surface area contributed by atoms with Gasteiger partial charge in [0.25, 0.3) is 0 Å². The fourth-order valence-electron chi connectivity index (χ4n) is 3.43. The van der Waals surface area contributed by atoms with E-state index in [-0.39, 0.29) is 5.91 Å². The van der Waals surface area contributed by atoms with Crippen LogP contribution < -0.4 is 16.0 Å². The molecular weight excluding hydrogens is 496 g/mol. The molecule has 0 aliphatic heterocycles. The number of likely N-dealkylation sites (N-methyl/N-ethyl adjacent to an activating group) is 1. The van der Waals surface area contributed by atoms with Gasteiger partial charge in [0.05, 0.1) is 36.4 Å². The lowest BCUT2D eigenvalue weighted by Crippen LogP contribution is -2.10. The first-order valence-electron chi connectivity index (χ1n) is 12.1. The fourth-order valence-corrected chi connectivity index (χ4v) is 3.43.